The highest BCUT2D eigenvalue weighted by Gasteiger charge is 2.50. The number of thioether (sulfide) groups is 1. The van der Waals surface area contributed by atoms with E-state index in [0.717, 1.165) is 5.56 Å². The second kappa shape index (κ2) is 11.3. The van der Waals surface area contributed by atoms with Gasteiger partial charge < -0.3 is 18.9 Å². The Balaban J connectivity index is 2.47. The largest absolute Gasteiger partial charge is 0.463 e. The molecule has 2 rings (SSSR count). The van der Waals surface area contributed by atoms with Gasteiger partial charge in [0.2, 0.25) is 0 Å². The van der Waals surface area contributed by atoms with Crippen LogP contribution in [0, 0.1) is 6.92 Å². The molecule has 168 valence electrons. The lowest BCUT2D eigenvalue weighted by molar-refractivity contribution is -0.201. The second-order valence-corrected chi connectivity index (χ2v) is 8.50. The van der Waals surface area contributed by atoms with Gasteiger partial charge >= 0.3 is 17.9 Å². The maximum Gasteiger partial charge on any atom is 0.303 e. The topological polar surface area (TPSA) is 150 Å². The molecule has 0 N–H and O–H groups in total. The summed E-state index contributed by atoms with van der Waals surface area (Å²) in [6.45, 7) is 5.19. The van der Waals surface area contributed by atoms with E-state index in [1.807, 2.05) is 13.0 Å². The molecule has 5 atom stereocenters. The van der Waals surface area contributed by atoms with Crippen LogP contribution >= 0.6 is 27.7 Å². The van der Waals surface area contributed by atoms with Crippen LogP contribution < -0.4 is 0 Å². The predicted molar refractivity (Wildman–Crippen MR) is 112 cm³/mol. The van der Waals surface area contributed by atoms with Gasteiger partial charge in [0, 0.05) is 36.8 Å². The number of ether oxygens (including phenoxy) is 4. The summed E-state index contributed by atoms with van der Waals surface area (Å²) in [7, 11) is 0. The van der Waals surface area contributed by atoms with Gasteiger partial charge in [0.05, 0.1) is 0 Å². The van der Waals surface area contributed by atoms with Crippen LogP contribution in [0.25, 0.3) is 10.4 Å². The molecule has 2 heterocycles. The summed E-state index contributed by atoms with van der Waals surface area (Å²) in [6.07, 6.45) is -1.54. The van der Waals surface area contributed by atoms with Crippen LogP contribution in [0.15, 0.2) is 26.9 Å². The lowest BCUT2D eigenvalue weighted by Gasteiger charge is -2.43. The summed E-state index contributed by atoms with van der Waals surface area (Å²) in [4.78, 5) is 42.5. The number of hydrogen-bond acceptors (Lipinski definition) is 10. The van der Waals surface area contributed by atoms with Gasteiger partial charge in [0.25, 0.3) is 0 Å². The van der Waals surface area contributed by atoms with Crippen LogP contribution in [0.5, 0.6) is 0 Å². The van der Waals surface area contributed by atoms with E-state index in [1.165, 1.54) is 32.5 Å². The van der Waals surface area contributed by atoms with Gasteiger partial charge in [-0.2, -0.15) is 0 Å². The summed E-state index contributed by atoms with van der Waals surface area (Å²) in [5.41, 5.74) is 9.11. The fourth-order valence-electron chi connectivity index (χ4n) is 2.90. The molecule has 0 bridgehead atoms. The molecule has 0 spiro atoms. The van der Waals surface area contributed by atoms with E-state index in [1.54, 1.807) is 6.20 Å². The number of azide groups is 1. The molecule has 1 fully saturated rings. The minimum atomic E-state index is -1.15. The molecule has 1 saturated heterocycles. The molecule has 0 radical (unpaired) electrons. The molecule has 0 aromatic carbocycles. The van der Waals surface area contributed by atoms with E-state index in [0.29, 0.717) is 9.50 Å². The zero-order valence-electron chi connectivity index (χ0n) is 17.2. The van der Waals surface area contributed by atoms with E-state index in [4.69, 9.17) is 24.5 Å². The first-order valence-electron chi connectivity index (χ1n) is 9.08. The molecule has 1 aliphatic rings. The first-order chi connectivity index (χ1) is 14.6. The minimum Gasteiger partial charge on any atom is -0.463 e. The zero-order valence-corrected chi connectivity index (χ0v) is 19.6. The van der Waals surface area contributed by atoms with E-state index >= 15 is 0 Å². The zero-order chi connectivity index (χ0) is 23.1. The number of esters is 3. The summed E-state index contributed by atoms with van der Waals surface area (Å²) in [5, 5.41) is 3.73. The van der Waals surface area contributed by atoms with Crippen molar-refractivity contribution < 1.29 is 33.3 Å². The molecule has 1 aromatic rings. The van der Waals surface area contributed by atoms with Crippen molar-refractivity contribution in [3.8, 4) is 0 Å². The highest BCUT2D eigenvalue weighted by molar-refractivity contribution is 9.10. The molecule has 0 amide bonds. The van der Waals surface area contributed by atoms with Crippen LogP contribution in [0.4, 0.5) is 0 Å². The number of carbonyl (C=O) groups is 3. The van der Waals surface area contributed by atoms with Gasteiger partial charge in [-0.05, 0) is 40.0 Å². The second-order valence-electron chi connectivity index (χ2n) is 6.61. The third-order valence-corrected chi connectivity index (χ3v) is 6.11. The molecule has 11 nitrogen and oxygen atoms in total. The maximum absolute atomic E-state index is 11.8. The van der Waals surface area contributed by atoms with Gasteiger partial charge in [-0.3, -0.25) is 14.4 Å². The van der Waals surface area contributed by atoms with Crippen molar-refractivity contribution in [3.05, 3.63) is 32.9 Å². The Morgan fingerprint density at radius 3 is 2.45 bits per heavy atom. The summed E-state index contributed by atoms with van der Waals surface area (Å²) >= 11 is 4.54. The molecule has 0 saturated carbocycles. The Labute approximate surface area is 190 Å². The molecule has 13 heteroatoms. The predicted octanol–water partition coefficient (Wildman–Crippen LogP) is 3.07. The molecular formula is C18H21BrN4O7S. The number of halogens is 1. The normalized spacial score (nSPS) is 25.1. The van der Waals surface area contributed by atoms with Crippen molar-refractivity contribution in [2.45, 2.75) is 62.4 Å². The lowest BCUT2D eigenvalue weighted by atomic mass is 9.97. The standard InChI is InChI=1S/C18H21BrN4O7S/c1-8-5-13(17(19)21-6-8)31-18-16(29-11(4)26)14(22-23-20)15(28-10(3)25)12(30-18)7-27-9(2)24/h5-6,12,14-16,18H,7H2,1-4H3/t12-,14+,15+,16-,18-/m1/s1. The fraction of sp³-hybridized carbons (Fsp3) is 0.556. The molecule has 0 aliphatic carbocycles. The van der Waals surface area contributed by atoms with E-state index < -0.39 is 47.7 Å². The number of rotatable bonds is 7. The number of carbonyl (C=O) groups excluding carboxylic acids is 3. The van der Waals surface area contributed by atoms with Crippen LogP contribution in [-0.4, -0.2) is 59.3 Å². The summed E-state index contributed by atoms with van der Waals surface area (Å²) in [5.74, 6) is -1.88. The average molecular weight is 517 g/mol. The van der Waals surface area contributed by atoms with Gasteiger partial charge in [-0.15, -0.1) is 0 Å². The van der Waals surface area contributed by atoms with Crippen molar-refractivity contribution in [1.82, 2.24) is 4.98 Å². The molecular weight excluding hydrogens is 496 g/mol. The molecule has 0 unspecified atom stereocenters. The van der Waals surface area contributed by atoms with E-state index in [2.05, 4.69) is 30.9 Å². The van der Waals surface area contributed by atoms with Gasteiger partial charge in [-0.1, -0.05) is 16.9 Å². The van der Waals surface area contributed by atoms with Crippen molar-refractivity contribution in [2.75, 3.05) is 6.61 Å². The Kier molecular flexibility index (Phi) is 9.11. The first-order valence-corrected chi connectivity index (χ1v) is 10.8. The van der Waals surface area contributed by atoms with Gasteiger partial charge in [-0.25, -0.2) is 4.98 Å². The van der Waals surface area contributed by atoms with Gasteiger partial charge in [0.15, 0.2) is 0 Å². The van der Waals surface area contributed by atoms with Crippen LogP contribution in [0.3, 0.4) is 0 Å². The third-order valence-electron chi connectivity index (χ3n) is 4.04. The third kappa shape index (κ3) is 7.10. The quantitative estimate of drug-likeness (QED) is 0.133. The van der Waals surface area contributed by atoms with Crippen LogP contribution in [0.2, 0.25) is 0 Å². The van der Waals surface area contributed by atoms with Crippen molar-refractivity contribution in [3.63, 3.8) is 0 Å². The Morgan fingerprint density at radius 2 is 1.87 bits per heavy atom. The number of nitrogens with zero attached hydrogens (tertiary/aromatic N) is 4. The highest BCUT2D eigenvalue weighted by atomic mass is 79.9. The number of hydrogen-bond donors (Lipinski definition) is 0. The fourth-order valence-corrected chi connectivity index (χ4v) is 4.60. The number of pyridine rings is 1. The summed E-state index contributed by atoms with van der Waals surface area (Å²) in [6, 6.07) is 0.721. The maximum atomic E-state index is 11.8. The van der Waals surface area contributed by atoms with Crippen molar-refractivity contribution in [1.29, 1.82) is 0 Å². The van der Waals surface area contributed by atoms with E-state index in [9.17, 15) is 14.4 Å². The average Bonchev–Trinajstić information content (AvgIpc) is 2.67. The van der Waals surface area contributed by atoms with Crippen molar-refractivity contribution >= 4 is 45.6 Å². The number of aryl methyl sites for hydroxylation is 1. The monoisotopic (exact) mass is 516 g/mol. The SMILES string of the molecule is CC(=O)OC[C@H]1O[C@H](Sc2cc(C)cnc2Br)[C@H](OC(C)=O)[C@@H](N=[N+]=[N-])[C@H]1OC(C)=O. The Hall–Kier alpha value is -2.34. The smallest absolute Gasteiger partial charge is 0.303 e. The molecule has 31 heavy (non-hydrogen) atoms. The minimum absolute atomic E-state index is 0.262. The highest BCUT2D eigenvalue weighted by Crippen LogP contribution is 2.39. The first kappa shape index (κ1) is 24.9. The van der Waals surface area contributed by atoms with Crippen LogP contribution in [-0.2, 0) is 33.3 Å². The molecule has 1 aromatic heterocycles. The Bertz CT molecular complexity index is 896. The summed E-state index contributed by atoms with van der Waals surface area (Å²) < 4.78 is 22.3. The van der Waals surface area contributed by atoms with Crippen LogP contribution in [0.1, 0.15) is 26.3 Å². The van der Waals surface area contributed by atoms with E-state index in [-0.39, 0.29) is 6.61 Å². The van der Waals surface area contributed by atoms with Gasteiger partial charge in [0.1, 0.15) is 41.0 Å². The van der Waals surface area contributed by atoms with Crippen molar-refractivity contribution in [2.24, 2.45) is 5.11 Å². The molecule has 1 aliphatic heterocycles. The Morgan fingerprint density at radius 1 is 1.23 bits per heavy atom. The number of aromatic nitrogens is 1. The lowest BCUT2D eigenvalue weighted by Crippen LogP contribution is -2.59.